The number of nitrogens with zero attached hydrogens (tertiary/aromatic N) is 4. The molecule has 5 heteroatoms. The Hall–Kier alpha value is -5.68. The van der Waals surface area contributed by atoms with Crippen molar-refractivity contribution in [2.24, 2.45) is 4.99 Å². The molecule has 0 saturated heterocycles. The second-order valence-corrected chi connectivity index (χ2v) is 18.7. The van der Waals surface area contributed by atoms with E-state index in [2.05, 4.69) is 194 Å². The fraction of sp³-hybridized carbons (Fsp3) is 0.294. The highest BCUT2D eigenvalue weighted by Gasteiger charge is 2.67. The third-order valence-corrected chi connectivity index (χ3v) is 13.8. The largest absolute Gasteiger partial charge is 0.467 e. The van der Waals surface area contributed by atoms with E-state index in [-0.39, 0.29) is 16.2 Å². The van der Waals surface area contributed by atoms with E-state index < -0.39 is 11.1 Å². The topological polar surface area (TPSA) is 42.6 Å². The minimum Gasteiger partial charge on any atom is -0.467 e. The maximum absolute atomic E-state index is 7.14. The number of benzene rings is 5. The summed E-state index contributed by atoms with van der Waals surface area (Å²) in [4.78, 5) is 13.0. The predicted octanol–water partition coefficient (Wildman–Crippen LogP) is 12.6. The van der Waals surface area contributed by atoms with Crippen LogP contribution >= 0.6 is 0 Å². The molecule has 56 heavy (non-hydrogen) atoms. The number of fused-ring (bicyclic) bond motifs is 8. The molecule has 5 nitrogen and oxygen atoms in total. The molecule has 1 aliphatic carbocycles. The van der Waals surface area contributed by atoms with E-state index >= 15 is 0 Å². The van der Waals surface area contributed by atoms with Crippen LogP contribution in [0.3, 0.4) is 0 Å². The Labute approximate surface area is 330 Å². The molecule has 280 valence electrons. The maximum Gasteiger partial charge on any atom is 0.217 e. The van der Waals surface area contributed by atoms with Crippen molar-refractivity contribution in [3.05, 3.63) is 160 Å². The number of aliphatic imine (C=N–C) groups is 1. The first-order chi connectivity index (χ1) is 26.5. The van der Waals surface area contributed by atoms with Gasteiger partial charge in [-0.1, -0.05) is 109 Å². The third kappa shape index (κ3) is 4.48. The number of rotatable bonds is 3. The highest BCUT2D eigenvalue weighted by Crippen LogP contribution is 2.62. The molecule has 0 amide bonds. The summed E-state index contributed by atoms with van der Waals surface area (Å²) in [5, 5.41) is 2.45. The van der Waals surface area contributed by atoms with Crippen LogP contribution < -0.4 is 4.90 Å². The molecule has 0 radical (unpaired) electrons. The zero-order valence-electron chi connectivity index (χ0n) is 34.2. The molecular weight excluding hydrogens is 685 g/mol. The minimum absolute atomic E-state index is 0.0109. The van der Waals surface area contributed by atoms with Crippen LogP contribution in [0.25, 0.3) is 27.6 Å². The van der Waals surface area contributed by atoms with Crippen molar-refractivity contribution in [3.63, 3.8) is 0 Å². The summed E-state index contributed by atoms with van der Waals surface area (Å²) >= 11 is 0. The first-order valence-electron chi connectivity index (χ1n) is 20.0. The molecule has 0 spiro atoms. The molecule has 2 aliphatic heterocycles. The maximum atomic E-state index is 7.14. The van der Waals surface area contributed by atoms with Crippen molar-refractivity contribution in [2.45, 2.75) is 96.6 Å². The van der Waals surface area contributed by atoms with Crippen LogP contribution in [0.5, 0.6) is 0 Å². The number of pyridine rings is 1. The summed E-state index contributed by atoms with van der Waals surface area (Å²) in [7, 11) is 0. The average Bonchev–Trinajstić information content (AvgIpc) is 3.69. The van der Waals surface area contributed by atoms with E-state index in [4.69, 9.17) is 14.7 Å². The Morgan fingerprint density at radius 2 is 1.32 bits per heavy atom. The lowest BCUT2D eigenvalue weighted by molar-refractivity contribution is -0.0136. The highest BCUT2D eigenvalue weighted by atomic mass is 16.5. The standard InChI is InChI=1S/C51H50N4O/c1-31-25-32(46-53-50(9)38-19-13-12-18-37(38)49(7,8)51(50,10)56-46)27-34(26-31)54-42-22-16-14-20-39(42)48(5,6)40-29-36-35-17-11-15-21-41(35)55(43(36)30-44(40)54)45-28-33(23-24-52-45)47(2,3)4/h11-30H,1-10H3/t50-,51+/m1/s1. The zero-order chi connectivity index (χ0) is 39.2. The molecule has 0 unspecified atom stereocenters. The number of para-hydroxylation sites is 2. The van der Waals surface area contributed by atoms with Gasteiger partial charge in [-0.05, 0) is 114 Å². The van der Waals surface area contributed by atoms with Crippen molar-refractivity contribution in [3.8, 4) is 5.82 Å². The quantitative estimate of drug-likeness (QED) is 0.182. The molecule has 3 aliphatic rings. The molecule has 5 aromatic carbocycles. The molecule has 2 atom stereocenters. The van der Waals surface area contributed by atoms with Crippen LogP contribution in [0.1, 0.15) is 101 Å². The predicted molar refractivity (Wildman–Crippen MR) is 232 cm³/mol. The third-order valence-electron chi connectivity index (χ3n) is 13.8. The van der Waals surface area contributed by atoms with E-state index in [1.807, 2.05) is 6.20 Å². The summed E-state index contributed by atoms with van der Waals surface area (Å²) in [6, 6.07) is 42.5. The number of hydrogen-bond acceptors (Lipinski definition) is 4. The molecular formula is C51H50N4O. The van der Waals surface area contributed by atoms with Gasteiger partial charge in [-0.15, -0.1) is 0 Å². The molecule has 0 saturated carbocycles. The van der Waals surface area contributed by atoms with Crippen LogP contribution in [0.2, 0.25) is 0 Å². The zero-order valence-corrected chi connectivity index (χ0v) is 34.2. The van der Waals surface area contributed by atoms with Gasteiger partial charge in [0.15, 0.2) is 0 Å². The highest BCUT2D eigenvalue weighted by molar-refractivity contribution is 6.11. The van der Waals surface area contributed by atoms with E-state index in [0.29, 0.717) is 5.90 Å². The van der Waals surface area contributed by atoms with Gasteiger partial charge in [-0.25, -0.2) is 9.98 Å². The molecule has 4 heterocycles. The Bertz CT molecular complexity index is 2830. The van der Waals surface area contributed by atoms with Crippen LogP contribution in [-0.4, -0.2) is 21.0 Å². The molecule has 7 aromatic rings. The second kappa shape index (κ2) is 11.2. The molecule has 0 bridgehead atoms. The summed E-state index contributed by atoms with van der Waals surface area (Å²) in [5.74, 6) is 1.63. The van der Waals surface area contributed by atoms with Crippen molar-refractivity contribution in [1.29, 1.82) is 0 Å². The van der Waals surface area contributed by atoms with Crippen molar-refractivity contribution < 1.29 is 4.74 Å². The Kier molecular flexibility index (Phi) is 6.97. The molecule has 2 aromatic heterocycles. The lowest BCUT2D eigenvalue weighted by Crippen LogP contribution is -2.51. The summed E-state index contributed by atoms with van der Waals surface area (Å²) in [5.41, 5.74) is 12.7. The monoisotopic (exact) mass is 734 g/mol. The van der Waals surface area contributed by atoms with Gasteiger partial charge < -0.3 is 9.64 Å². The lowest BCUT2D eigenvalue weighted by atomic mass is 9.71. The van der Waals surface area contributed by atoms with E-state index in [9.17, 15) is 0 Å². The van der Waals surface area contributed by atoms with Gasteiger partial charge in [0, 0.05) is 39.1 Å². The average molecular weight is 735 g/mol. The second-order valence-electron chi connectivity index (χ2n) is 18.7. The van der Waals surface area contributed by atoms with Gasteiger partial charge in [0.1, 0.15) is 17.0 Å². The first kappa shape index (κ1) is 34.8. The number of aryl methyl sites for hydroxylation is 1. The Balaban J connectivity index is 1.21. The molecule has 10 rings (SSSR count). The van der Waals surface area contributed by atoms with Gasteiger partial charge in [-0.2, -0.15) is 0 Å². The number of anilines is 3. The number of aromatic nitrogens is 2. The van der Waals surface area contributed by atoms with Crippen molar-refractivity contribution >= 4 is 44.8 Å². The van der Waals surface area contributed by atoms with Gasteiger partial charge in [0.05, 0.1) is 22.4 Å². The summed E-state index contributed by atoms with van der Waals surface area (Å²) < 4.78 is 9.50. The smallest absolute Gasteiger partial charge is 0.217 e. The van der Waals surface area contributed by atoms with Crippen LogP contribution in [0, 0.1) is 6.92 Å². The Morgan fingerprint density at radius 3 is 2.09 bits per heavy atom. The molecule has 0 fully saturated rings. The number of hydrogen-bond donors (Lipinski definition) is 0. The van der Waals surface area contributed by atoms with Gasteiger partial charge in [0.25, 0.3) is 0 Å². The fourth-order valence-corrected chi connectivity index (χ4v) is 10.2. The van der Waals surface area contributed by atoms with E-state index in [1.165, 1.54) is 44.3 Å². The van der Waals surface area contributed by atoms with Gasteiger partial charge in [0.2, 0.25) is 5.90 Å². The van der Waals surface area contributed by atoms with Crippen LogP contribution in [0.4, 0.5) is 17.1 Å². The van der Waals surface area contributed by atoms with Crippen LogP contribution in [-0.2, 0) is 26.5 Å². The minimum atomic E-state index is -0.547. The van der Waals surface area contributed by atoms with Crippen molar-refractivity contribution in [2.75, 3.05) is 4.90 Å². The summed E-state index contributed by atoms with van der Waals surface area (Å²) in [6.07, 6.45) is 1.96. The van der Waals surface area contributed by atoms with Crippen molar-refractivity contribution in [1.82, 2.24) is 9.55 Å². The van der Waals surface area contributed by atoms with Crippen LogP contribution in [0.15, 0.2) is 126 Å². The lowest BCUT2D eigenvalue weighted by Gasteiger charge is -2.42. The molecule has 0 N–H and O–H groups in total. The van der Waals surface area contributed by atoms with E-state index in [0.717, 1.165) is 39.4 Å². The first-order valence-corrected chi connectivity index (χ1v) is 20.0. The normalized spacial score (nSPS) is 21.7. The SMILES string of the molecule is Cc1cc(C2=N[C@]3(C)c4ccccc4C(C)(C)[C@]3(C)O2)cc(N2c3ccccc3C(C)(C)c3cc4c5ccccc5n(-c5cc(C(C)(C)C)ccn5)c4cc32)c1. The summed E-state index contributed by atoms with van der Waals surface area (Å²) in [6.45, 7) is 22.8. The van der Waals surface area contributed by atoms with E-state index in [1.54, 1.807) is 0 Å². The fourth-order valence-electron chi connectivity index (χ4n) is 10.2. The van der Waals surface area contributed by atoms with Gasteiger partial charge in [-0.3, -0.25) is 4.57 Å². The van der Waals surface area contributed by atoms with Gasteiger partial charge >= 0.3 is 0 Å². The Morgan fingerprint density at radius 1 is 0.625 bits per heavy atom. The number of ether oxygens (including phenoxy) is 1.